The summed E-state index contributed by atoms with van der Waals surface area (Å²) < 4.78 is 25.7. The first-order valence-electron chi connectivity index (χ1n) is 8.50. The highest BCUT2D eigenvalue weighted by molar-refractivity contribution is 5.89. The molecule has 0 radical (unpaired) electrons. The highest BCUT2D eigenvalue weighted by Gasteiger charge is 2.43. The molecule has 1 unspecified atom stereocenters. The van der Waals surface area contributed by atoms with Gasteiger partial charge in [0.05, 0.1) is 5.92 Å². The summed E-state index contributed by atoms with van der Waals surface area (Å²) in [6.45, 7) is 1.02. The summed E-state index contributed by atoms with van der Waals surface area (Å²) in [5.41, 5.74) is -0.995. The number of hydrogen-bond acceptors (Lipinski definition) is 3. The zero-order valence-corrected chi connectivity index (χ0v) is 13.9. The molecule has 25 heavy (non-hydrogen) atoms. The third kappa shape index (κ3) is 3.81. The topological polar surface area (TPSA) is 60.9 Å². The Labute approximate surface area is 145 Å². The van der Waals surface area contributed by atoms with Gasteiger partial charge in [-0.05, 0) is 18.4 Å². The van der Waals surface area contributed by atoms with Crippen molar-refractivity contribution in [1.82, 2.24) is 9.80 Å². The van der Waals surface area contributed by atoms with Crippen molar-refractivity contribution in [2.24, 2.45) is 5.92 Å². The Hall–Kier alpha value is -2.02. The summed E-state index contributed by atoms with van der Waals surface area (Å²) in [5.74, 6) is -0.683. The van der Waals surface area contributed by atoms with Gasteiger partial charge in [-0.3, -0.25) is 9.59 Å². The number of aliphatic hydroxyl groups is 1. The van der Waals surface area contributed by atoms with E-state index in [0.717, 1.165) is 5.56 Å². The number of halogens is 2. The van der Waals surface area contributed by atoms with Gasteiger partial charge in [0.15, 0.2) is 0 Å². The first kappa shape index (κ1) is 17.8. The monoisotopic (exact) mass is 352 g/mol. The molecule has 0 aromatic heterocycles. The Morgan fingerprint density at radius 1 is 1.24 bits per heavy atom. The molecular weight excluding hydrogens is 330 g/mol. The van der Waals surface area contributed by atoms with Crippen LogP contribution in [0.15, 0.2) is 30.3 Å². The fourth-order valence-corrected chi connectivity index (χ4v) is 3.48. The molecule has 0 bridgehead atoms. The summed E-state index contributed by atoms with van der Waals surface area (Å²) >= 11 is 0. The number of benzene rings is 1. The second kappa shape index (κ2) is 7.07. The van der Waals surface area contributed by atoms with Crippen LogP contribution in [0.2, 0.25) is 0 Å². The number of nitrogens with zero attached hydrogens (tertiary/aromatic N) is 2. The number of carbonyl (C=O) groups excluding carboxylic acids is 2. The lowest BCUT2D eigenvalue weighted by Gasteiger charge is -2.38. The first-order chi connectivity index (χ1) is 11.9. The Morgan fingerprint density at radius 2 is 1.88 bits per heavy atom. The molecule has 136 valence electrons. The molecule has 0 saturated carbocycles. The molecule has 2 heterocycles. The number of alkyl halides is 2. The minimum atomic E-state index is -2.81. The van der Waals surface area contributed by atoms with E-state index in [0.29, 0.717) is 13.1 Å². The van der Waals surface area contributed by atoms with Gasteiger partial charge in [-0.25, -0.2) is 8.78 Å². The van der Waals surface area contributed by atoms with Crippen molar-refractivity contribution >= 4 is 11.8 Å². The fraction of sp³-hybridized carbons (Fsp3) is 0.556. The van der Waals surface area contributed by atoms with Crippen LogP contribution in [-0.4, -0.2) is 58.4 Å². The molecule has 0 aliphatic carbocycles. The van der Waals surface area contributed by atoms with Crippen molar-refractivity contribution in [1.29, 1.82) is 0 Å². The van der Waals surface area contributed by atoms with Crippen molar-refractivity contribution in [3.63, 3.8) is 0 Å². The molecule has 2 amide bonds. The SMILES string of the molecule is O=C1CC(C(=O)N2CCC(O)(C(F)F)CC2)CN1Cc1ccccc1. The van der Waals surface area contributed by atoms with Crippen molar-refractivity contribution in [3.05, 3.63) is 35.9 Å². The summed E-state index contributed by atoms with van der Waals surface area (Å²) in [4.78, 5) is 28.0. The summed E-state index contributed by atoms with van der Waals surface area (Å²) in [6.07, 6.45) is -2.92. The van der Waals surface area contributed by atoms with E-state index in [2.05, 4.69) is 0 Å². The van der Waals surface area contributed by atoms with Gasteiger partial charge in [-0.2, -0.15) is 0 Å². The van der Waals surface area contributed by atoms with Crippen LogP contribution in [0.5, 0.6) is 0 Å². The van der Waals surface area contributed by atoms with Gasteiger partial charge in [0, 0.05) is 32.6 Å². The van der Waals surface area contributed by atoms with Gasteiger partial charge in [0.2, 0.25) is 11.8 Å². The second-order valence-corrected chi connectivity index (χ2v) is 6.89. The van der Waals surface area contributed by atoms with Crippen molar-refractivity contribution < 1.29 is 23.5 Å². The molecule has 7 heteroatoms. The standard InChI is InChI=1S/C18H22F2N2O3/c19-17(20)18(25)6-8-21(9-7-18)16(24)14-10-15(23)22(12-14)11-13-4-2-1-3-5-13/h1-5,14,17,25H,6-12H2. The number of piperidine rings is 1. The second-order valence-electron chi connectivity index (χ2n) is 6.89. The highest BCUT2D eigenvalue weighted by Crippen LogP contribution is 2.30. The number of likely N-dealkylation sites (tertiary alicyclic amines) is 2. The predicted molar refractivity (Wildman–Crippen MR) is 86.7 cm³/mol. The molecule has 1 atom stereocenters. The van der Waals surface area contributed by atoms with Gasteiger partial charge < -0.3 is 14.9 Å². The maximum atomic E-state index is 12.8. The lowest BCUT2D eigenvalue weighted by Crippen LogP contribution is -2.51. The predicted octanol–water partition coefficient (Wildman–Crippen LogP) is 1.65. The van der Waals surface area contributed by atoms with Crippen LogP contribution in [0.4, 0.5) is 8.78 Å². The lowest BCUT2D eigenvalue weighted by molar-refractivity contribution is -0.150. The Kier molecular flexibility index (Phi) is 5.03. The number of hydrogen-bond donors (Lipinski definition) is 1. The van der Waals surface area contributed by atoms with Gasteiger partial charge in [-0.15, -0.1) is 0 Å². The smallest absolute Gasteiger partial charge is 0.266 e. The summed E-state index contributed by atoms with van der Waals surface area (Å²) in [7, 11) is 0. The highest BCUT2D eigenvalue weighted by atomic mass is 19.3. The minimum absolute atomic E-state index is 0.0664. The van der Waals surface area contributed by atoms with E-state index < -0.39 is 17.9 Å². The summed E-state index contributed by atoms with van der Waals surface area (Å²) in [6, 6.07) is 9.56. The molecule has 2 fully saturated rings. The van der Waals surface area contributed by atoms with E-state index in [1.165, 1.54) is 4.90 Å². The zero-order chi connectivity index (χ0) is 18.0. The summed E-state index contributed by atoms with van der Waals surface area (Å²) in [5, 5.41) is 9.81. The molecule has 5 nitrogen and oxygen atoms in total. The number of rotatable bonds is 4. The molecular formula is C18H22F2N2O3. The Balaban J connectivity index is 1.56. The number of carbonyl (C=O) groups is 2. The van der Waals surface area contributed by atoms with Gasteiger partial charge in [-0.1, -0.05) is 30.3 Å². The third-order valence-corrected chi connectivity index (χ3v) is 5.13. The van der Waals surface area contributed by atoms with E-state index in [1.807, 2.05) is 30.3 Å². The zero-order valence-electron chi connectivity index (χ0n) is 13.9. The van der Waals surface area contributed by atoms with Crippen LogP contribution in [0.1, 0.15) is 24.8 Å². The Bertz CT molecular complexity index is 630. The van der Waals surface area contributed by atoms with Crippen LogP contribution in [0, 0.1) is 5.92 Å². The molecule has 0 spiro atoms. The molecule has 2 aliphatic heterocycles. The maximum absolute atomic E-state index is 12.8. The molecule has 1 aromatic rings. The van der Waals surface area contributed by atoms with Crippen LogP contribution in [0.25, 0.3) is 0 Å². The molecule has 3 rings (SSSR count). The molecule has 2 saturated heterocycles. The minimum Gasteiger partial charge on any atom is -0.384 e. The quantitative estimate of drug-likeness (QED) is 0.896. The van der Waals surface area contributed by atoms with Crippen LogP contribution < -0.4 is 0 Å². The van der Waals surface area contributed by atoms with Crippen LogP contribution in [0.3, 0.4) is 0 Å². The fourth-order valence-electron chi connectivity index (χ4n) is 3.48. The van der Waals surface area contributed by atoms with E-state index in [-0.39, 0.29) is 44.2 Å². The van der Waals surface area contributed by atoms with Gasteiger partial charge in [0.1, 0.15) is 5.60 Å². The van der Waals surface area contributed by atoms with Gasteiger partial charge in [0.25, 0.3) is 6.43 Å². The lowest BCUT2D eigenvalue weighted by atomic mass is 9.91. The van der Waals surface area contributed by atoms with Crippen LogP contribution >= 0.6 is 0 Å². The van der Waals surface area contributed by atoms with Crippen molar-refractivity contribution in [2.45, 2.75) is 37.8 Å². The third-order valence-electron chi connectivity index (χ3n) is 5.13. The van der Waals surface area contributed by atoms with Gasteiger partial charge >= 0.3 is 0 Å². The van der Waals surface area contributed by atoms with E-state index in [1.54, 1.807) is 4.90 Å². The number of amides is 2. The molecule has 2 aliphatic rings. The van der Waals surface area contributed by atoms with Crippen molar-refractivity contribution in [2.75, 3.05) is 19.6 Å². The Morgan fingerprint density at radius 3 is 2.48 bits per heavy atom. The maximum Gasteiger partial charge on any atom is 0.266 e. The van der Waals surface area contributed by atoms with Crippen LogP contribution in [-0.2, 0) is 16.1 Å². The van der Waals surface area contributed by atoms with Crippen molar-refractivity contribution in [3.8, 4) is 0 Å². The molecule has 1 aromatic carbocycles. The normalized spacial score (nSPS) is 23.4. The first-order valence-corrected chi connectivity index (χ1v) is 8.50. The molecule has 1 N–H and O–H groups in total. The van der Waals surface area contributed by atoms with E-state index in [9.17, 15) is 23.5 Å². The average Bonchev–Trinajstić information content (AvgIpc) is 2.96. The largest absolute Gasteiger partial charge is 0.384 e. The van der Waals surface area contributed by atoms with E-state index >= 15 is 0 Å². The van der Waals surface area contributed by atoms with E-state index in [4.69, 9.17) is 0 Å². The average molecular weight is 352 g/mol.